The van der Waals surface area contributed by atoms with Gasteiger partial charge in [0.05, 0.1) is 23.5 Å². The number of alkyl halides is 3. The molecular formula is C29H32F3N9O4. The molecule has 1 fully saturated rings. The number of carboxylic acid groups (broad SMARTS) is 1. The van der Waals surface area contributed by atoms with E-state index in [0.29, 0.717) is 37.3 Å². The van der Waals surface area contributed by atoms with Gasteiger partial charge in [-0.05, 0) is 38.0 Å². The molecule has 0 spiro atoms. The molecule has 2 N–H and O–H groups in total. The molecule has 16 heteroatoms. The smallest absolute Gasteiger partial charge is 0.475 e. The van der Waals surface area contributed by atoms with Crippen LogP contribution in [0.25, 0.3) is 27.9 Å². The number of aliphatic hydroxyl groups is 1. The number of aromatic nitrogens is 6. The van der Waals surface area contributed by atoms with Crippen LogP contribution in [0.4, 0.5) is 19.0 Å². The highest BCUT2D eigenvalue weighted by molar-refractivity contribution is 5.87. The SMILES string of the molecule is CC(C)[C@@H](O)C(=O)N1CCN(c2ccc(-c3cc(-c4cn(C(C)C)nn4)cn4ncc(C#N)c34)cn2)CC1.O=C(O)C(F)(F)F. The monoisotopic (exact) mass is 627 g/mol. The Morgan fingerprint density at radius 2 is 1.69 bits per heavy atom. The Balaban J connectivity index is 0.000000591. The molecule has 0 radical (unpaired) electrons. The van der Waals surface area contributed by atoms with Crippen molar-refractivity contribution in [3.8, 4) is 28.5 Å². The number of carboxylic acids is 1. The number of aliphatic carboxylic acids is 1. The quantitative estimate of drug-likeness (QED) is 0.324. The molecule has 0 aliphatic carbocycles. The predicted molar refractivity (Wildman–Crippen MR) is 156 cm³/mol. The number of amides is 1. The highest BCUT2D eigenvalue weighted by Gasteiger charge is 2.38. The molecule has 45 heavy (non-hydrogen) atoms. The molecule has 1 aliphatic rings. The summed E-state index contributed by atoms with van der Waals surface area (Å²) in [5, 5.41) is 39.9. The van der Waals surface area contributed by atoms with E-state index in [1.54, 1.807) is 26.5 Å². The number of aliphatic hydroxyl groups excluding tert-OH is 1. The molecule has 0 saturated carbocycles. The van der Waals surface area contributed by atoms with E-state index in [1.807, 2.05) is 58.3 Å². The Hall–Kier alpha value is -5.04. The highest BCUT2D eigenvalue weighted by Crippen LogP contribution is 2.32. The van der Waals surface area contributed by atoms with E-state index < -0.39 is 18.2 Å². The number of nitriles is 1. The van der Waals surface area contributed by atoms with Crippen molar-refractivity contribution in [2.75, 3.05) is 31.1 Å². The lowest BCUT2D eigenvalue weighted by atomic mass is 10.0. The molecular weight excluding hydrogens is 595 g/mol. The predicted octanol–water partition coefficient (Wildman–Crippen LogP) is 3.41. The number of nitrogens with zero attached hydrogens (tertiary/aromatic N) is 9. The minimum atomic E-state index is -5.08. The van der Waals surface area contributed by atoms with E-state index in [1.165, 1.54) is 0 Å². The summed E-state index contributed by atoms with van der Waals surface area (Å²) in [5.41, 5.74) is 4.41. The van der Waals surface area contributed by atoms with Crippen molar-refractivity contribution in [1.29, 1.82) is 5.26 Å². The molecule has 0 aromatic carbocycles. The van der Waals surface area contributed by atoms with Crippen LogP contribution in [0.3, 0.4) is 0 Å². The van der Waals surface area contributed by atoms with Gasteiger partial charge in [-0.15, -0.1) is 5.10 Å². The van der Waals surface area contributed by atoms with Crippen LogP contribution < -0.4 is 4.90 Å². The molecule has 1 amide bonds. The number of anilines is 1. The molecule has 0 bridgehead atoms. The first-order valence-electron chi connectivity index (χ1n) is 14.0. The summed E-state index contributed by atoms with van der Waals surface area (Å²) in [6.45, 7) is 10.1. The number of hydrogen-bond donors (Lipinski definition) is 2. The van der Waals surface area contributed by atoms with Crippen LogP contribution in [0.2, 0.25) is 0 Å². The third-order valence-electron chi connectivity index (χ3n) is 7.17. The number of piperazine rings is 1. The van der Waals surface area contributed by atoms with Crippen LogP contribution in [0, 0.1) is 17.2 Å². The normalized spacial score (nSPS) is 14.3. The Kier molecular flexibility index (Phi) is 9.72. The van der Waals surface area contributed by atoms with Gasteiger partial charge < -0.3 is 20.0 Å². The van der Waals surface area contributed by atoms with Crippen LogP contribution in [0.15, 0.2) is 43.0 Å². The summed E-state index contributed by atoms with van der Waals surface area (Å²) in [6.07, 6.45) is 1.06. The van der Waals surface area contributed by atoms with E-state index in [4.69, 9.17) is 14.9 Å². The molecule has 4 aromatic rings. The van der Waals surface area contributed by atoms with Crippen LogP contribution in [-0.2, 0) is 9.59 Å². The van der Waals surface area contributed by atoms with E-state index in [2.05, 4.69) is 26.4 Å². The molecule has 1 saturated heterocycles. The first-order chi connectivity index (χ1) is 21.2. The van der Waals surface area contributed by atoms with Crippen molar-refractivity contribution in [1.82, 2.24) is 34.5 Å². The van der Waals surface area contributed by atoms with Crippen LogP contribution >= 0.6 is 0 Å². The zero-order chi connectivity index (χ0) is 33.1. The molecule has 0 unspecified atom stereocenters. The average Bonchev–Trinajstić information content (AvgIpc) is 3.68. The summed E-state index contributed by atoms with van der Waals surface area (Å²) < 4.78 is 35.2. The van der Waals surface area contributed by atoms with Crippen LogP contribution in [0.1, 0.15) is 39.3 Å². The third kappa shape index (κ3) is 7.37. The average molecular weight is 628 g/mol. The summed E-state index contributed by atoms with van der Waals surface area (Å²) in [5.74, 6) is -2.27. The number of hydrogen-bond acceptors (Lipinski definition) is 9. The highest BCUT2D eigenvalue weighted by atomic mass is 19.4. The van der Waals surface area contributed by atoms with Gasteiger partial charge in [0, 0.05) is 61.3 Å². The van der Waals surface area contributed by atoms with Gasteiger partial charge in [-0.2, -0.15) is 23.5 Å². The molecule has 4 aromatic heterocycles. The van der Waals surface area contributed by atoms with Gasteiger partial charge >= 0.3 is 12.1 Å². The van der Waals surface area contributed by atoms with Crippen molar-refractivity contribution in [2.45, 2.75) is 46.0 Å². The first kappa shape index (κ1) is 32.9. The number of fused-ring (bicyclic) bond motifs is 1. The van der Waals surface area contributed by atoms with E-state index in [9.17, 15) is 28.3 Å². The summed E-state index contributed by atoms with van der Waals surface area (Å²) in [4.78, 5) is 29.9. The van der Waals surface area contributed by atoms with E-state index >= 15 is 0 Å². The Morgan fingerprint density at radius 3 is 2.20 bits per heavy atom. The maximum Gasteiger partial charge on any atom is 0.490 e. The molecule has 238 valence electrons. The number of carbonyl (C=O) groups is 2. The second-order valence-corrected chi connectivity index (χ2v) is 11.0. The molecule has 1 atom stereocenters. The van der Waals surface area contributed by atoms with Gasteiger partial charge in [-0.1, -0.05) is 19.1 Å². The minimum absolute atomic E-state index is 0.112. The number of halogens is 3. The number of rotatable bonds is 6. The molecule has 5 heterocycles. The van der Waals surface area contributed by atoms with Gasteiger partial charge in [-0.3, -0.25) is 4.79 Å². The standard InChI is InChI=1S/C27H31N9O2.C2HF3O2/c1-17(2)26(37)27(38)34-9-7-33(8-10-34)24-6-5-19(13-29-24)22-11-20(23-16-35(18(3)4)32-31-23)15-36-25(22)21(12-28)14-30-36;3-2(4,5)1(6)7/h5-6,11,13-18,26,37H,7-10H2,1-4H3;(H,6,7)/t26-;/m1./s1. The van der Waals surface area contributed by atoms with Gasteiger partial charge in [-0.25, -0.2) is 19.0 Å². The van der Waals surface area contributed by atoms with Crippen LogP contribution in [0.5, 0.6) is 0 Å². The number of pyridine rings is 2. The maximum absolute atomic E-state index is 12.5. The van der Waals surface area contributed by atoms with Crippen molar-refractivity contribution in [3.05, 3.63) is 48.5 Å². The zero-order valence-corrected chi connectivity index (χ0v) is 25.0. The van der Waals surface area contributed by atoms with E-state index in [0.717, 1.165) is 28.2 Å². The fourth-order valence-electron chi connectivity index (χ4n) is 4.59. The fourth-order valence-corrected chi connectivity index (χ4v) is 4.59. The van der Waals surface area contributed by atoms with Crippen molar-refractivity contribution >= 4 is 23.2 Å². The summed E-state index contributed by atoms with van der Waals surface area (Å²) in [7, 11) is 0. The number of carbonyl (C=O) groups excluding carboxylic acids is 1. The lowest BCUT2D eigenvalue weighted by Crippen LogP contribution is -2.52. The second kappa shape index (κ2) is 13.3. The first-order valence-corrected chi connectivity index (χ1v) is 14.0. The zero-order valence-electron chi connectivity index (χ0n) is 25.0. The second-order valence-electron chi connectivity index (χ2n) is 11.0. The van der Waals surface area contributed by atoms with Crippen molar-refractivity contribution in [2.24, 2.45) is 5.92 Å². The topological polar surface area (TPSA) is 166 Å². The van der Waals surface area contributed by atoms with Crippen LogP contribution in [-0.4, -0.2) is 95.0 Å². The third-order valence-corrected chi connectivity index (χ3v) is 7.17. The molecule has 13 nitrogen and oxygen atoms in total. The maximum atomic E-state index is 12.5. The Bertz CT molecular complexity index is 1700. The van der Waals surface area contributed by atoms with Gasteiger partial charge in [0.25, 0.3) is 5.91 Å². The minimum Gasteiger partial charge on any atom is -0.475 e. The fraction of sp³-hybridized carbons (Fsp3) is 0.414. The lowest BCUT2D eigenvalue weighted by molar-refractivity contribution is -0.192. The Labute approximate surface area is 256 Å². The van der Waals surface area contributed by atoms with Crippen molar-refractivity contribution < 1.29 is 33.0 Å². The van der Waals surface area contributed by atoms with E-state index in [-0.39, 0.29) is 17.9 Å². The lowest BCUT2D eigenvalue weighted by Gasteiger charge is -2.36. The Morgan fingerprint density at radius 1 is 1.02 bits per heavy atom. The van der Waals surface area contributed by atoms with Crippen molar-refractivity contribution in [3.63, 3.8) is 0 Å². The molecule has 1 aliphatic heterocycles. The summed E-state index contributed by atoms with van der Waals surface area (Å²) in [6, 6.07) is 8.36. The van der Waals surface area contributed by atoms with Gasteiger partial charge in [0.1, 0.15) is 23.7 Å². The largest absolute Gasteiger partial charge is 0.490 e. The van der Waals surface area contributed by atoms with Gasteiger partial charge in [0.15, 0.2) is 0 Å². The summed E-state index contributed by atoms with van der Waals surface area (Å²) >= 11 is 0. The van der Waals surface area contributed by atoms with Gasteiger partial charge in [0.2, 0.25) is 0 Å². The molecule has 5 rings (SSSR count).